The first kappa shape index (κ1) is 32.2. The van der Waals surface area contributed by atoms with Crippen molar-refractivity contribution in [3.8, 4) is 11.1 Å². The zero-order valence-corrected chi connectivity index (χ0v) is 27.6. The Morgan fingerprint density at radius 3 is 2.18 bits per heavy atom. The fraction of sp³-hybridized carbons (Fsp3) is 0.371. The number of ether oxygens (including phenoxy) is 1. The highest BCUT2D eigenvalue weighted by molar-refractivity contribution is 7.81. The highest BCUT2D eigenvalue weighted by atomic mass is 32.2. The molecule has 10 heteroatoms. The first-order chi connectivity index (χ1) is 21.2. The molecule has 1 unspecified atom stereocenters. The number of aromatic carboxylic acids is 1. The fourth-order valence-electron chi connectivity index (χ4n) is 5.70. The molecule has 3 aromatic carbocycles. The molecule has 1 aliphatic heterocycles. The molecule has 238 valence electrons. The summed E-state index contributed by atoms with van der Waals surface area (Å²) in [6, 6.07) is 24.2. The molecule has 9 nitrogen and oxygen atoms in total. The van der Waals surface area contributed by atoms with E-state index in [1.54, 1.807) is 25.1 Å². The summed E-state index contributed by atoms with van der Waals surface area (Å²) >= 11 is -1.69. The van der Waals surface area contributed by atoms with E-state index in [2.05, 4.69) is 48.6 Å². The number of aromatic nitrogens is 1. The Bertz CT molecular complexity index is 1730. The molecule has 1 amide bonds. The van der Waals surface area contributed by atoms with E-state index in [-0.39, 0.29) is 11.1 Å². The van der Waals surface area contributed by atoms with E-state index in [1.807, 2.05) is 59.2 Å². The maximum Gasteiger partial charge on any atom is 0.420 e. The number of nitrogens with one attached hydrogen (secondary N) is 1. The lowest BCUT2D eigenvalue weighted by Crippen LogP contribution is -2.50. The average Bonchev–Trinajstić information content (AvgIpc) is 3.30. The normalized spacial score (nSPS) is 15.2. The molecule has 4 aromatic rings. The number of hydrogen-bond acceptors (Lipinski definition) is 5. The van der Waals surface area contributed by atoms with Gasteiger partial charge in [-0.05, 0) is 61.1 Å². The minimum Gasteiger partial charge on any atom is -0.477 e. The van der Waals surface area contributed by atoms with Crippen LogP contribution in [0.25, 0.3) is 22.0 Å². The Balaban J connectivity index is 1.37. The second-order valence-corrected chi connectivity index (χ2v) is 14.6. The van der Waals surface area contributed by atoms with Crippen LogP contribution < -0.4 is 9.62 Å². The van der Waals surface area contributed by atoms with Gasteiger partial charge in [0.05, 0.1) is 0 Å². The molecule has 0 saturated carbocycles. The van der Waals surface area contributed by atoms with Crippen LogP contribution in [0.15, 0.2) is 72.8 Å². The lowest BCUT2D eigenvalue weighted by atomic mass is 9.86. The summed E-state index contributed by atoms with van der Waals surface area (Å²) in [7, 11) is 0. The molecule has 1 aromatic heterocycles. The summed E-state index contributed by atoms with van der Waals surface area (Å²) in [4.78, 5) is 27.1. The van der Waals surface area contributed by atoms with Crippen molar-refractivity contribution in [1.29, 1.82) is 0 Å². The molecular weight excluding hydrogens is 588 g/mol. The zero-order chi connectivity index (χ0) is 32.5. The van der Waals surface area contributed by atoms with Gasteiger partial charge in [-0.1, -0.05) is 75.4 Å². The number of amides is 1. The summed E-state index contributed by atoms with van der Waals surface area (Å²) in [5.74, 6) is -0.971. The third-order valence-corrected chi connectivity index (χ3v) is 9.05. The van der Waals surface area contributed by atoms with Gasteiger partial charge in [0.15, 0.2) is 0 Å². The smallest absolute Gasteiger partial charge is 0.420 e. The van der Waals surface area contributed by atoms with E-state index in [0.29, 0.717) is 32.7 Å². The number of nitrogens with zero attached hydrogens (tertiary/aromatic N) is 3. The van der Waals surface area contributed by atoms with Gasteiger partial charge < -0.3 is 19.3 Å². The van der Waals surface area contributed by atoms with Crippen molar-refractivity contribution in [2.45, 2.75) is 59.1 Å². The maximum absolute atomic E-state index is 12.8. The third kappa shape index (κ3) is 7.40. The van der Waals surface area contributed by atoms with Gasteiger partial charge in [-0.25, -0.2) is 22.8 Å². The SMILES string of the molecule is CC(C)(C)OC(=O)NS(=O)N1CCN(c2cccc(Cn3c(C(=O)O)c(-c4ccc(C(C)(C)C)cc4)c4ccccc43)c2)CC1. The van der Waals surface area contributed by atoms with Gasteiger partial charge in [0.25, 0.3) is 0 Å². The van der Waals surface area contributed by atoms with E-state index in [1.165, 1.54) is 5.56 Å². The van der Waals surface area contributed by atoms with Crippen molar-refractivity contribution in [2.24, 2.45) is 0 Å². The van der Waals surface area contributed by atoms with Gasteiger partial charge in [0.1, 0.15) is 11.3 Å². The monoisotopic (exact) mass is 630 g/mol. The zero-order valence-electron chi connectivity index (χ0n) is 26.8. The van der Waals surface area contributed by atoms with E-state index < -0.39 is 28.8 Å². The lowest BCUT2D eigenvalue weighted by molar-refractivity contribution is 0.0568. The molecule has 0 radical (unpaired) electrons. The van der Waals surface area contributed by atoms with Crippen LogP contribution in [0.3, 0.4) is 0 Å². The molecule has 45 heavy (non-hydrogen) atoms. The fourth-order valence-corrected chi connectivity index (χ4v) is 6.51. The molecule has 2 heterocycles. The molecule has 1 fully saturated rings. The van der Waals surface area contributed by atoms with Gasteiger partial charge >= 0.3 is 12.1 Å². The van der Waals surface area contributed by atoms with Gasteiger partial charge in [-0.15, -0.1) is 0 Å². The van der Waals surface area contributed by atoms with Crippen LogP contribution in [0.2, 0.25) is 0 Å². The predicted molar refractivity (Wildman–Crippen MR) is 180 cm³/mol. The van der Waals surface area contributed by atoms with Crippen LogP contribution >= 0.6 is 0 Å². The topological polar surface area (TPSA) is 104 Å². The maximum atomic E-state index is 12.8. The number of carboxylic acid groups (broad SMARTS) is 1. The van der Waals surface area contributed by atoms with Crippen LogP contribution in [0.5, 0.6) is 0 Å². The number of anilines is 1. The third-order valence-electron chi connectivity index (χ3n) is 7.87. The van der Waals surface area contributed by atoms with Crippen molar-refractivity contribution >= 4 is 39.8 Å². The van der Waals surface area contributed by atoms with Gasteiger partial charge in [0, 0.05) is 54.9 Å². The van der Waals surface area contributed by atoms with Crippen LogP contribution in [-0.4, -0.2) is 62.0 Å². The van der Waals surface area contributed by atoms with Gasteiger partial charge in [-0.3, -0.25) is 0 Å². The molecule has 0 spiro atoms. The first-order valence-corrected chi connectivity index (χ1v) is 16.3. The van der Waals surface area contributed by atoms with Crippen molar-refractivity contribution in [2.75, 3.05) is 31.1 Å². The number of carboxylic acids is 1. The minimum absolute atomic E-state index is 0.00608. The largest absolute Gasteiger partial charge is 0.477 e. The van der Waals surface area contributed by atoms with Gasteiger partial charge in [0.2, 0.25) is 11.2 Å². The molecule has 1 saturated heterocycles. The van der Waals surface area contributed by atoms with Crippen LogP contribution in [0.1, 0.15) is 63.2 Å². The lowest BCUT2D eigenvalue weighted by Gasteiger charge is -2.35. The molecule has 1 aliphatic rings. The molecular formula is C35H42N4O5S. The number of carbonyl (C=O) groups is 2. The van der Waals surface area contributed by atoms with Crippen molar-refractivity contribution in [3.05, 3.63) is 89.6 Å². The number of piperazine rings is 1. The van der Waals surface area contributed by atoms with Crippen molar-refractivity contribution in [1.82, 2.24) is 13.6 Å². The summed E-state index contributed by atoms with van der Waals surface area (Å²) in [5.41, 5.74) is 5.22. The van der Waals surface area contributed by atoms with Crippen molar-refractivity contribution in [3.63, 3.8) is 0 Å². The first-order valence-electron chi connectivity index (χ1n) is 15.2. The van der Waals surface area contributed by atoms with Crippen LogP contribution in [0, 0.1) is 0 Å². The van der Waals surface area contributed by atoms with Crippen LogP contribution in [-0.2, 0) is 27.9 Å². The van der Waals surface area contributed by atoms with E-state index in [4.69, 9.17) is 4.74 Å². The number of rotatable bonds is 7. The highest BCUT2D eigenvalue weighted by Gasteiger charge is 2.27. The van der Waals surface area contributed by atoms with E-state index in [0.717, 1.165) is 33.3 Å². The molecule has 5 rings (SSSR count). The number of benzene rings is 3. The summed E-state index contributed by atoms with van der Waals surface area (Å²) in [6.45, 7) is 14.4. The van der Waals surface area contributed by atoms with E-state index >= 15 is 0 Å². The number of carbonyl (C=O) groups excluding carboxylic acids is 1. The molecule has 2 N–H and O–H groups in total. The van der Waals surface area contributed by atoms with E-state index in [9.17, 15) is 18.9 Å². The molecule has 0 aliphatic carbocycles. The summed E-state index contributed by atoms with van der Waals surface area (Å²) < 4.78 is 24.0. The Hall–Kier alpha value is -4.15. The highest BCUT2D eigenvalue weighted by Crippen LogP contribution is 2.37. The number of hydrogen-bond donors (Lipinski definition) is 2. The molecule has 1 atom stereocenters. The minimum atomic E-state index is -1.69. The van der Waals surface area contributed by atoms with Crippen molar-refractivity contribution < 1.29 is 23.6 Å². The Morgan fingerprint density at radius 2 is 1.56 bits per heavy atom. The van der Waals surface area contributed by atoms with Crippen LogP contribution in [0.4, 0.5) is 10.5 Å². The quantitative estimate of drug-likeness (QED) is 0.239. The Kier molecular flexibility index (Phi) is 9.09. The van der Waals surface area contributed by atoms with Gasteiger partial charge in [-0.2, -0.15) is 0 Å². The standard InChI is InChI=1S/C35H42N4O5S/c1-34(2,3)26-16-14-25(15-17-26)30-28-12-7-8-13-29(28)39(31(30)32(40)41)23-24-10-9-11-27(22-24)37-18-20-38(21-19-37)45(43)36-33(42)44-35(4,5)6/h7-17,22H,18-21,23H2,1-6H3,(H,36,42)(H,40,41). The molecule has 0 bridgehead atoms. The second-order valence-electron chi connectivity index (χ2n) is 13.4. The Morgan fingerprint density at radius 1 is 0.889 bits per heavy atom. The average molecular weight is 631 g/mol. The summed E-state index contributed by atoms with van der Waals surface area (Å²) in [6.07, 6.45) is -0.709. The predicted octanol–water partition coefficient (Wildman–Crippen LogP) is 6.58. The number of para-hydroxylation sites is 1. The Labute approximate surface area is 267 Å². The second kappa shape index (κ2) is 12.7. The number of fused-ring (bicyclic) bond motifs is 1. The summed E-state index contributed by atoms with van der Waals surface area (Å²) in [5, 5.41) is 11.4.